The van der Waals surface area contributed by atoms with Crippen molar-refractivity contribution >= 4 is 0 Å². The predicted molar refractivity (Wildman–Crippen MR) is 236 cm³/mol. The second-order valence-corrected chi connectivity index (χ2v) is 16.4. The standard InChI is InChI=1S/C50H62O16/c1-2-3-24-58-48-41(55)39(53)43(36(25-51)62-48)65-49-42(56)40(54)44(37(26-52)63-49)66-50-47(61-30-35-22-14-7-15-23-35)46(60-29-34-20-12-6-13-21-34)45(59-28-33-18-10-5-11-19-33)38(64-50)31-57-27-32-16-8-4-9-17-32/h2,4-23,36-56H,1,3,24-31H2/t36-,37+,38+,39-,40+,41-,42+,43-,44-,45-,46-,47+,48-,49-,50+/m0/s1. The van der Waals surface area contributed by atoms with Crippen molar-refractivity contribution in [2.24, 2.45) is 0 Å². The molecule has 66 heavy (non-hydrogen) atoms. The van der Waals surface area contributed by atoms with Gasteiger partial charge in [0.05, 0.1) is 52.9 Å². The van der Waals surface area contributed by atoms with Crippen LogP contribution in [0, 0.1) is 0 Å². The molecule has 6 N–H and O–H groups in total. The molecular formula is C50H62O16. The minimum Gasteiger partial charge on any atom is -0.394 e. The first-order chi connectivity index (χ1) is 32.3. The van der Waals surface area contributed by atoms with Gasteiger partial charge >= 0.3 is 0 Å². The van der Waals surface area contributed by atoms with Crippen LogP contribution in [0.4, 0.5) is 0 Å². The molecule has 15 atom stereocenters. The highest BCUT2D eigenvalue weighted by atomic mass is 16.8. The molecule has 0 aromatic heterocycles. The van der Waals surface area contributed by atoms with Crippen molar-refractivity contribution in [3.8, 4) is 0 Å². The summed E-state index contributed by atoms with van der Waals surface area (Å²) in [6, 6.07) is 38.4. The maximum absolute atomic E-state index is 11.8. The average Bonchev–Trinajstić information content (AvgIpc) is 3.35. The highest BCUT2D eigenvalue weighted by molar-refractivity contribution is 5.16. The Kier molecular flexibility index (Phi) is 19.2. The van der Waals surface area contributed by atoms with E-state index in [-0.39, 0.29) is 39.6 Å². The van der Waals surface area contributed by atoms with E-state index in [4.69, 9.17) is 47.4 Å². The summed E-state index contributed by atoms with van der Waals surface area (Å²) in [5.74, 6) is 0. The molecule has 0 unspecified atom stereocenters. The summed E-state index contributed by atoms with van der Waals surface area (Å²) in [6.07, 6.45) is -18.4. The zero-order valence-electron chi connectivity index (χ0n) is 36.6. The van der Waals surface area contributed by atoms with Gasteiger partial charge in [-0.25, -0.2) is 0 Å². The Morgan fingerprint density at radius 2 is 0.848 bits per heavy atom. The van der Waals surface area contributed by atoms with Gasteiger partial charge < -0.3 is 78.0 Å². The van der Waals surface area contributed by atoms with E-state index in [1.165, 1.54) is 0 Å². The molecule has 0 bridgehead atoms. The third kappa shape index (κ3) is 13.1. The molecule has 0 aliphatic carbocycles. The van der Waals surface area contributed by atoms with Gasteiger partial charge in [-0.3, -0.25) is 0 Å². The second-order valence-electron chi connectivity index (χ2n) is 16.4. The second kappa shape index (κ2) is 25.4. The van der Waals surface area contributed by atoms with Crippen LogP contribution < -0.4 is 0 Å². The predicted octanol–water partition coefficient (Wildman–Crippen LogP) is 2.93. The lowest BCUT2D eigenvalue weighted by Gasteiger charge is -2.49. The molecule has 3 saturated heterocycles. The van der Waals surface area contributed by atoms with Crippen molar-refractivity contribution in [2.75, 3.05) is 26.4 Å². The molecule has 3 fully saturated rings. The molecule has 7 rings (SSSR count). The fourth-order valence-corrected chi connectivity index (χ4v) is 8.13. The van der Waals surface area contributed by atoms with Crippen molar-refractivity contribution in [1.29, 1.82) is 0 Å². The number of hydrogen-bond acceptors (Lipinski definition) is 16. The zero-order valence-corrected chi connectivity index (χ0v) is 36.6. The Balaban J connectivity index is 1.16. The van der Waals surface area contributed by atoms with Crippen molar-refractivity contribution in [3.05, 3.63) is 156 Å². The summed E-state index contributed by atoms with van der Waals surface area (Å²) in [5.41, 5.74) is 3.57. The zero-order chi connectivity index (χ0) is 46.3. The summed E-state index contributed by atoms with van der Waals surface area (Å²) >= 11 is 0. The fourth-order valence-electron chi connectivity index (χ4n) is 8.13. The van der Waals surface area contributed by atoms with Crippen molar-refractivity contribution in [3.63, 3.8) is 0 Å². The first-order valence-electron chi connectivity index (χ1n) is 22.3. The largest absolute Gasteiger partial charge is 0.394 e. The molecule has 3 aliphatic rings. The molecule has 3 heterocycles. The normalized spacial score (nSPS) is 32.5. The monoisotopic (exact) mass is 918 g/mol. The molecule has 0 radical (unpaired) electrons. The van der Waals surface area contributed by atoms with E-state index in [9.17, 15) is 30.6 Å². The fraction of sp³-hybridized carbons (Fsp3) is 0.480. The molecule has 3 aliphatic heterocycles. The Bertz CT molecular complexity index is 1960. The maximum Gasteiger partial charge on any atom is 0.187 e. The quantitative estimate of drug-likeness (QED) is 0.0466. The summed E-state index contributed by atoms with van der Waals surface area (Å²) < 4.78 is 63.1. The van der Waals surface area contributed by atoms with E-state index in [2.05, 4.69) is 6.58 Å². The molecule has 0 amide bonds. The lowest BCUT2D eigenvalue weighted by Crippen LogP contribution is -2.67. The molecule has 16 nitrogen and oxygen atoms in total. The summed E-state index contributed by atoms with van der Waals surface area (Å²) in [5, 5.41) is 66.3. The first-order valence-corrected chi connectivity index (χ1v) is 22.3. The topological polar surface area (TPSA) is 214 Å². The van der Waals surface area contributed by atoms with Gasteiger partial charge in [-0.15, -0.1) is 6.58 Å². The van der Waals surface area contributed by atoms with Gasteiger partial charge in [-0.2, -0.15) is 0 Å². The third-order valence-corrected chi connectivity index (χ3v) is 11.7. The third-order valence-electron chi connectivity index (χ3n) is 11.7. The van der Waals surface area contributed by atoms with Gasteiger partial charge in [0.2, 0.25) is 0 Å². The van der Waals surface area contributed by atoms with Crippen LogP contribution in [0.25, 0.3) is 0 Å². The van der Waals surface area contributed by atoms with Crippen LogP contribution in [-0.4, -0.2) is 149 Å². The van der Waals surface area contributed by atoms with E-state index in [0.29, 0.717) is 6.42 Å². The SMILES string of the molecule is C=CCCO[C@H]1O[C@@H](CO)[C@H](O[C@@H]2O[C@H](CO)[C@H](O[C@H]3O[C@H](COCc4ccccc4)[C@H](OCc4ccccc4)[C@H](OCc4ccccc4)[C@H]3OCc3ccccc3)[C@H](O)[C@H]2O)[C@@H](O)[C@@H]1O. The Morgan fingerprint density at radius 3 is 1.33 bits per heavy atom. The van der Waals surface area contributed by atoms with E-state index in [0.717, 1.165) is 22.3 Å². The first kappa shape index (κ1) is 49.9. The number of aliphatic hydroxyl groups is 6. The Hall–Kier alpha value is -4.02. The Labute approximate surface area is 384 Å². The average molecular weight is 919 g/mol. The molecular weight excluding hydrogens is 857 g/mol. The molecule has 0 saturated carbocycles. The van der Waals surface area contributed by atoms with E-state index in [1.54, 1.807) is 6.08 Å². The smallest absolute Gasteiger partial charge is 0.187 e. The lowest BCUT2D eigenvalue weighted by atomic mass is 9.95. The van der Waals surface area contributed by atoms with Crippen LogP contribution >= 0.6 is 0 Å². The lowest BCUT2D eigenvalue weighted by molar-refractivity contribution is -0.384. The van der Waals surface area contributed by atoms with Crippen LogP contribution in [-0.2, 0) is 73.8 Å². The molecule has 358 valence electrons. The van der Waals surface area contributed by atoms with Gasteiger partial charge in [0.25, 0.3) is 0 Å². The number of aliphatic hydroxyl groups excluding tert-OH is 6. The highest BCUT2D eigenvalue weighted by Gasteiger charge is 2.55. The number of rotatable bonds is 23. The minimum absolute atomic E-state index is 0.0142. The molecule has 0 spiro atoms. The summed E-state index contributed by atoms with van der Waals surface area (Å²) in [7, 11) is 0. The number of benzene rings is 4. The van der Waals surface area contributed by atoms with Crippen molar-refractivity contribution < 1.29 is 78.0 Å². The summed E-state index contributed by atoms with van der Waals surface area (Å²) in [4.78, 5) is 0. The molecule has 4 aromatic carbocycles. The van der Waals surface area contributed by atoms with Gasteiger partial charge in [-0.05, 0) is 28.7 Å². The van der Waals surface area contributed by atoms with Crippen molar-refractivity contribution in [2.45, 2.75) is 125 Å². The van der Waals surface area contributed by atoms with Gasteiger partial charge in [0.15, 0.2) is 18.9 Å². The van der Waals surface area contributed by atoms with Gasteiger partial charge in [0, 0.05) is 0 Å². The molecule has 4 aromatic rings. The Morgan fingerprint density at radius 1 is 0.439 bits per heavy atom. The maximum atomic E-state index is 11.8. The van der Waals surface area contributed by atoms with Crippen LogP contribution in [0.5, 0.6) is 0 Å². The minimum atomic E-state index is -1.85. The van der Waals surface area contributed by atoms with E-state index >= 15 is 0 Å². The number of ether oxygens (including phenoxy) is 10. The van der Waals surface area contributed by atoms with E-state index in [1.807, 2.05) is 121 Å². The number of hydrogen-bond donors (Lipinski definition) is 6. The van der Waals surface area contributed by atoms with Crippen LogP contribution in [0.3, 0.4) is 0 Å². The van der Waals surface area contributed by atoms with Crippen LogP contribution in [0.2, 0.25) is 0 Å². The summed E-state index contributed by atoms with van der Waals surface area (Å²) in [6.45, 7) is 3.07. The van der Waals surface area contributed by atoms with Crippen LogP contribution in [0.15, 0.2) is 134 Å². The van der Waals surface area contributed by atoms with E-state index < -0.39 is 105 Å². The van der Waals surface area contributed by atoms with Crippen molar-refractivity contribution in [1.82, 2.24) is 0 Å². The highest BCUT2D eigenvalue weighted by Crippen LogP contribution is 2.36. The van der Waals surface area contributed by atoms with Gasteiger partial charge in [0.1, 0.15) is 73.2 Å². The van der Waals surface area contributed by atoms with Crippen LogP contribution in [0.1, 0.15) is 28.7 Å². The molecule has 16 heteroatoms. The van der Waals surface area contributed by atoms with Gasteiger partial charge in [-0.1, -0.05) is 127 Å².